The average Bonchev–Trinajstić information content (AvgIpc) is 3.02. The van der Waals surface area contributed by atoms with Gasteiger partial charge in [-0.15, -0.1) is 0 Å². The molecule has 0 radical (unpaired) electrons. The quantitative estimate of drug-likeness (QED) is 0.747. The molecule has 23 heavy (non-hydrogen) atoms. The van der Waals surface area contributed by atoms with Crippen LogP contribution in [0.3, 0.4) is 0 Å². The van der Waals surface area contributed by atoms with Gasteiger partial charge in [-0.25, -0.2) is 0 Å². The molecule has 2 heterocycles. The zero-order valence-corrected chi connectivity index (χ0v) is 12.8. The third kappa shape index (κ3) is 2.87. The number of nitrogens with zero attached hydrogens (tertiary/aromatic N) is 2. The number of methoxy groups -OCH3 is 2. The second-order valence-corrected chi connectivity index (χ2v) is 4.94. The van der Waals surface area contributed by atoms with Gasteiger partial charge in [0, 0.05) is 34.9 Å². The molecule has 0 aliphatic rings. The predicted molar refractivity (Wildman–Crippen MR) is 89.1 cm³/mol. The number of nitrogens with one attached hydrogen (secondary N) is 1. The van der Waals surface area contributed by atoms with Gasteiger partial charge in [-0.05, 0) is 29.8 Å². The molecule has 0 unspecified atom stereocenters. The van der Waals surface area contributed by atoms with Gasteiger partial charge in [-0.3, -0.25) is 4.98 Å². The summed E-state index contributed by atoms with van der Waals surface area (Å²) in [7, 11) is 3.21. The van der Waals surface area contributed by atoms with Gasteiger partial charge in [0.15, 0.2) is 0 Å². The van der Waals surface area contributed by atoms with Crippen molar-refractivity contribution in [3.63, 3.8) is 0 Å². The van der Waals surface area contributed by atoms with Gasteiger partial charge >= 0.3 is 0 Å². The third-order valence-corrected chi connectivity index (χ3v) is 3.58. The summed E-state index contributed by atoms with van der Waals surface area (Å²) in [6.45, 7) is 0. The van der Waals surface area contributed by atoms with Gasteiger partial charge in [0.05, 0.1) is 32.1 Å². The highest BCUT2D eigenvalue weighted by atomic mass is 16.5. The van der Waals surface area contributed by atoms with Gasteiger partial charge in [-0.1, -0.05) is 0 Å². The van der Waals surface area contributed by atoms with E-state index in [1.54, 1.807) is 32.7 Å². The van der Waals surface area contributed by atoms with E-state index in [9.17, 15) is 5.26 Å². The van der Waals surface area contributed by atoms with Crippen LogP contribution in [0.2, 0.25) is 0 Å². The van der Waals surface area contributed by atoms with E-state index >= 15 is 0 Å². The van der Waals surface area contributed by atoms with Gasteiger partial charge < -0.3 is 14.5 Å². The van der Waals surface area contributed by atoms with Gasteiger partial charge in [0.25, 0.3) is 0 Å². The number of hydrogen-bond donors (Lipinski definition) is 1. The van der Waals surface area contributed by atoms with Crippen LogP contribution < -0.4 is 9.47 Å². The number of rotatable bonds is 4. The standard InChI is InChI=1S/C18H15N3O2/c1-22-14-3-4-16-17(11-21-18(16)7-14)13(8-19)5-12-6-15(23-2)10-20-9-12/h3-7,9-11,21H,1-2H3. The molecule has 0 fully saturated rings. The molecule has 0 aliphatic heterocycles. The molecular formula is C18H15N3O2. The van der Waals surface area contributed by atoms with Crippen LogP contribution in [-0.4, -0.2) is 24.2 Å². The first-order chi connectivity index (χ1) is 11.2. The molecule has 5 nitrogen and oxygen atoms in total. The van der Waals surface area contributed by atoms with E-state index in [0.717, 1.165) is 27.8 Å². The van der Waals surface area contributed by atoms with Crippen molar-refractivity contribution in [1.29, 1.82) is 5.26 Å². The monoisotopic (exact) mass is 305 g/mol. The van der Waals surface area contributed by atoms with E-state index in [0.29, 0.717) is 11.3 Å². The highest BCUT2D eigenvalue weighted by molar-refractivity contribution is 6.01. The normalized spacial score (nSPS) is 11.3. The first-order valence-corrected chi connectivity index (χ1v) is 7.01. The van der Waals surface area contributed by atoms with Crippen molar-refractivity contribution in [2.45, 2.75) is 0 Å². The lowest BCUT2D eigenvalue weighted by Gasteiger charge is -2.02. The third-order valence-electron chi connectivity index (χ3n) is 3.58. The number of H-pyrrole nitrogens is 1. The summed E-state index contributed by atoms with van der Waals surface area (Å²) < 4.78 is 10.4. The Kier molecular flexibility index (Phi) is 3.98. The second kappa shape index (κ2) is 6.24. The number of allylic oxidation sites excluding steroid dienone is 1. The molecule has 5 heteroatoms. The van der Waals surface area contributed by atoms with Crippen molar-refractivity contribution in [3.05, 3.63) is 54.0 Å². The maximum absolute atomic E-state index is 9.54. The van der Waals surface area contributed by atoms with Gasteiger partial charge in [-0.2, -0.15) is 5.26 Å². The van der Waals surface area contributed by atoms with Crippen molar-refractivity contribution in [2.24, 2.45) is 0 Å². The summed E-state index contributed by atoms with van der Waals surface area (Å²) in [5.74, 6) is 1.42. The Labute approximate surface area is 133 Å². The number of aromatic amines is 1. The molecule has 0 spiro atoms. The molecular weight excluding hydrogens is 290 g/mol. The predicted octanol–water partition coefficient (Wildman–Crippen LogP) is 3.64. The van der Waals surface area contributed by atoms with Crippen LogP contribution in [0.5, 0.6) is 11.5 Å². The number of aromatic nitrogens is 2. The number of nitriles is 1. The lowest BCUT2D eigenvalue weighted by atomic mass is 10.0. The number of fused-ring (bicyclic) bond motifs is 1. The number of benzene rings is 1. The van der Waals surface area contributed by atoms with E-state index in [-0.39, 0.29) is 0 Å². The number of hydrogen-bond acceptors (Lipinski definition) is 4. The Bertz CT molecular complexity index is 919. The Morgan fingerprint density at radius 2 is 2.00 bits per heavy atom. The molecule has 2 aromatic heterocycles. The highest BCUT2D eigenvalue weighted by Crippen LogP contribution is 2.29. The number of ether oxygens (including phenoxy) is 2. The largest absolute Gasteiger partial charge is 0.497 e. The van der Waals surface area contributed by atoms with E-state index in [1.807, 2.05) is 30.5 Å². The van der Waals surface area contributed by atoms with Crippen LogP contribution >= 0.6 is 0 Å². The van der Waals surface area contributed by atoms with E-state index in [1.165, 1.54) is 0 Å². The smallest absolute Gasteiger partial charge is 0.137 e. The molecule has 1 aromatic carbocycles. The van der Waals surface area contributed by atoms with Crippen molar-refractivity contribution in [3.8, 4) is 17.6 Å². The highest BCUT2D eigenvalue weighted by Gasteiger charge is 2.09. The summed E-state index contributed by atoms with van der Waals surface area (Å²) in [5, 5.41) is 10.5. The minimum absolute atomic E-state index is 0.552. The summed E-state index contributed by atoms with van der Waals surface area (Å²) in [5.41, 5.74) is 3.12. The Hall–Kier alpha value is -3.26. The Balaban J connectivity index is 2.07. The molecule has 3 rings (SSSR count). The summed E-state index contributed by atoms with van der Waals surface area (Å²) in [4.78, 5) is 7.28. The fraction of sp³-hybridized carbons (Fsp3) is 0.111. The molecule has 0 aliphatic carbocycles. The van der Waals surface area contributed by atoms with Crippen LogP contribution in [-0.2, 0) is 0 Å². The van der Waals surface area contributed by atoms with Crippen LogP contribution in [0.1, 0.15) is 11.1 Å². The zero-order chi connectivity index (χ0) is 16.2. The van der Waals surface area contributed by atoms with Crippen molar-refractivity contribution in [2.75, 3.05) is 14.2 Å². The van der Waals surface area contributed by atoms with Crippen LogP contribution in [0.4, 0.5) is 0 Å². The first-order valence-electron chi connectivity index (χ1n) is 7.01. The van der Waals surface area contributed by atoms with Crippen LogP contribution in [0.15, 0.2) is 42.9 Å². The zero-order valence-electron chi connectivity index (χ0n) is 12.8. The molecule has 114 valence electrons. The molecule has 0 bridgehead atoms. The summed E-state index contributed by atoms with van der Waals surface area (Å²) in [6, 6.07) is 9.81. The molecule has 0 saturated heterocycles. The second-order valence-electron chi connectivity index (χ2n) is 4.94. The van der Waals surface area contributed by atoms with Gasteiger partial charge in [0.2, 0.25) is 0 Å². The summed E-state index contributed by atoms with van der Waals surface area (Å²) in [6.07, 6.45) is 6.94. The first kappa shape index (κ1) is 14.7. The average molecular weight is 305 g/mol. The number of pyridine rings is 1. The SMILES string of the molecule is COc1cncc(C=C(C#N)c2c[nH]c3cc(OC)ccc23)c1. The van der Waals surface area contributed by atoms with Crippen molar-refractivity contribution in [1.82, 2.24) is 9.97 Å². The molecule has 3 aromatic rings. The Morgan fingerprint density at radius 3 is 2.74 bits per heavy atom. The fourth-order valence-electron chi connectivity index (χ4n) is 2.42. The lowest BCUT2D eigenvalue weighted by molar-refractivity contribution is 0.413. The molecule has 0 amide bonds. The maximum Gasteiger partial charge on any atom is 0.137 e. The lowest BCUT2D eigenvalue weighted by Crippen LogP contribution is -1.86. The summed E-state index contributed by atoms with van der Waals surface area (Å²) >= 11 is 0. The van der Waals surface area contributed by atoms with E-state index in [4.69, 9.17) is 9.47 Å². The molecule has 0 atom stereocenters. The molecule has 0 saturated carbocycles. The van der Waals surface area contributed by atoms with Crippen LogP contribution in [0.25, 0.3) is 22.6 Å². The Morgan fingerprint density at radius 1 is 1.17 bits per heavy atom. The minimum atomic E-state index is 0.552. The van der Waals surface area contributed by atoms with Gasteiger partial charge in [0.1, 0.15) is 11.5 Å². The van der Waals surface area contributed by atoms with Crippen LogP contribution in [0, 0.1) is 11.3 Å². The maximum atomic E-state index is 9.54. The van der Waals surface area contributed by atoms with E-state index in [2.05, 4.69) is 16.0 Å². The van der Waals surface area contributed by atoms with Crippen molar-refractivity contribution < 1.29 is 9.47 Å². The van der Waals surface area contributed by atoms with E-state index < -0.39 is 0 Å². The minimum Gasteiger partial charge on any atom is -0.497 e. The van der Waals surface area contributed by atoms with Crippen molar-refractivity contribution >= 4 is 22.6 Å². The topological polar surface area (TPSA) is 70.9 Å². The molecule has 1 N–H and O–H groups in total. The fourth-order valence-corrected chi connectivity index (χ4v) is 2.42.